The van der Waals surface area contributed by atoms with E-state index in [4.69, 9.17) is 0 Å². The number of nitrogens with zero attached hydrogens (tertiary/aromatic N) is 1. The van der Waals surface area contributed by atoms with Crippen LogP contribution in [0, 0.1) is 0 Å². The summed E-state index contributed by atoms with van der Waals surface area (Å²) in [6, 6.07) is 6.02. The number of likely N-dealkylation sites (N-methyl/N-ethyl adjacent to an activating group) is 1. The number of nitrogens with one attached hydrogen (secondary N) is 2. The number of likely N-dealkylation sites (tertiary alicyclic amines) is 1. The van der Waals surface area contributed by atoms with Gasteiger partial charge in [-0.15, -0.1) is 0 Å². The topological polar surface area (TPSA) is 53.6 Å². The highest BCUT2D eigenvalue weighted by Gasteiger charge is 2.23. The molecular weight excluding hydrogens is 328 g/mol. The van der Waals surface area contributed by atoms with E-state index in [1.165, 1.54) is 6.07 Å². The Labute approximate surface area is 147 Å². The van der Waals surface area contributed by atoms with Crippen molar-refractivity contribution in [1.29, 1.82) is 0 Å². The van der Waals surface area contributed by atoms with Gasteiger partial charge in [0.15, 0.2) is 0 Å². The second-order valence-corrected chi connectivity index (χ2v) is 6.23. The molecule has 1 aliphatic heterocycles. The van der Waals surface area contributed by atoms with Gasteiger partial charge in [-0.05, 0) is 38.4 Å². The molecule has 1 heterocycles. The predicted molar refractivity (Wildman–Crippen MR) is 92.9 cm³/mol. The van der Waals surface area contributed by atoms with Crippen molar-refractivity contribution in [1.82, 2.24) is 15.5 Å². The summed E-state index contributed by atoms with van der Waals surface area (Å²) < 4.78 is 29.7. The molecule has 1 saturated heterocycles. The summed E-state index contributed by atoms with van der Waals surface area (Å²) in [4.78, 5) is 14.7. The summed E-state index contributed by atoms with van der Waals surface area (Å²) in [5.41, 5.74) is 0.555. The molecule has 0 aromatic heterocycles. The average Bonchev–Trinajstić information content (AvgIpc) is 2.60. The van der Waals surface area contributed by atoms with E-state index in [2.05, 4.69) is 27.2 Å². The van der Waals surface area contributed by atoms with Gasteiger partial charge < -0.3 is 20.3 Å². The Kier molecular flexibility index (Phi) is 7.43. The van der Waals surface area contributed by atoms with Crippen molar-refractivity contribution in [3.8, 4) is 5.75 Å². The molecule has 0 spiro atoms. The summed E-state index contributed by atoms with van der Waals surface area (Å²) in [7, 11) is 0. The Hall–Kier alpha value is -1.89. The van der Waals surface area contributed by atoms with Crippen LogP contribution in [0.25, 0.3) is 0 Å². The Morgan fingerprint density at radius 3 is 2.80 bits per heavy atom. The Morgan fingerprint density at radius 1 is 1.36 bits per heavy atom. The van der Waals surface area contributed by atoms with Crippen LogP contribution in [0.5, 0.6) is 5.75 Å². The van der Waals surface area contributed by atoms with Crippen molar-refractivity contribution in [3.05, 3.63) is 29.8 Å². The van der Waals surface area contributed by atoms with Crippen molar-refractivity contribution in [2.45, 2.75) is 51.8 Å². The van der Waals surface area contributed by atoms with Crippen LogP contribution >= 0.6 is 0 Å². The minimum atomic E-state index is -2.89. The summed E-state index contributed by atoms with van der Waals surface area (Å²) >= 11 is 0. The normalized spacial score (nSPS) is 19.5. The average molecular weight is 355 g/mol. The van der Waals surface area contributed by atoms with Gasteiger partial charge >= 0.3 is 12.6 Å². The van der Waals surface area contributed by atoms with Gasteiger partial charge in [0.1, 0.15) is 5.75 Å². The molecule has 25 heavy (non-hydrogen) atoms. The van der Waals surface area contributed by atoms with Gasteiger partial charge in [0.25, 0.3) is 0 Å². The van der Waals surface area contributed by atoms with Crippen molar-refractivity contribution in [3.63, 3.8) is 0 Å². The third kappa shape index (κ3) is 5.85. The van der Waals surface area contributed by atoms with Crippen LogP contribution in [-0.4, -0.2) is 43.2 Å². The molecule has 0 saturated carbocycles. The standard InChI is InChI=1S/C18H27F2N3O2/c1-3-15(14-9-5-6-10-16(14)25-17(19)20)22-18(24)21-13-8-7-11-23(4-2)12-13/h5-6,9-10,13,15,17H,3-4,7-8,11-12H2,1-2H3,(H2,21,22,24)/t13-,15-/m1/s1. The fourth-order valence-electron chi connectivity index (χ4n) is 3.22. The van der Waals surface area contributed by atoms with E-state index in [0.29, 0.717) is 12.0 Å². The molecule has 2 atom stereocenters. The molecular formula is C18H27F2N3O2. The molecule has 0 unspecified atom stereocenters. The Balaban J connectivity index is 1.98. The van der Waals surface area contributed by atoms with E-state index in [9.17, 15) is 13.6 Å². The zero-order chi connectivity index (χ0) is 18.2. The van der Waals surface area contributed by atoms with Gasteiger partial charge in [-0.3, -0.25) is 0 Å². The second kappa shape index (κ2) is 9.56. The first-order valence-electron chi connectivity index (χ1n) is 8.86. The maximum absolute atomic E-state index is 12.6. The third-order valence-electron chi connectivity index (χ3n) is 4.51. The number of piperidine rings is 1. The van der Waals surface area contributed by atoms with E-state index >= 15 is 0 Å². The van der Waals surface area contributed by atoms with Crippen molar-refractivity contribution in [2.24, 2.45) is 0 Å². The number of amides is 2. The number of urea groups is 1. The number of rotatable bonds is 7. The highest BCUT2D eigenvalue weighted by molar-refractivity contribution is 5.75. The van der Waals surface area contributed by atoms with Crippen LogP contribution in [0.2, 0.25) is 0 Å². The van der Waals surface area contributed by atoms with Crippen molar-refractivity contribution < 1.29 is 18.3 Å². The quantitative estimate of drug-likeness (QED) is 0.787. The van der Waals surface area contributed by atoms with Crippen molar-refractivity contribution >= 4 is 6.03 Å². The van der Waals surface area contributed by atoms with Crippen LogP contribution in [0.4, 0.5) is 13.6 Å². The first-order chi connectivity index (χ1) is 12.0. The number of carbonyl (C=O) groups is 1. The third-order valence-corrected chi connectivity index (χ3v) is 4.51. The molecule has 5 nitrogen and oxygen atoms in total. The van der Waals surface area contributed by atoms with Crippen LogP contribution in [-0.2, 0) is 0 Å². The van der Waals surface area contributed by atoms with Crippen LogP contribution in [0.1, 0.15) is 44.7 Å². The number of hydrogen-bond donors (Lipinski definition) is 2. The van der Waals surface area contributed by atoms with E-state index < -0.39 is 6.61 Å². The molecule has 1 aromatic rings. The lowest BCUT2D eigenvalue weighted by Crippen LogP contribution is -2.50. The predicted octanol–water partition coefficient (Wildman–Crippen LogP) is 3.52. The summed E-state index contributed by atoms with van der Waals surface area (Å²) in [6.07, 6.45) is 2.58. The molecule has 1 fully saturated rings. The van der Waals surface area contributed by atoms with E-state index in [0.717, 1.165) is 32.5 Å². The zero-order valence-corrected chi connectivity index (χ0v) is 14.8. The number of benzene rings is 1. The van der Waals surface area contributed by atoms with Gasteiger partial charge in [-0.1, -0.05) is 32.0 Å². The molecule has 2 rings (SSSR count). The molecule has 0 aliphatic carbocycles. The number of ether oxygens (including phenoxy) is 1. The summed E-state index contributed by atoms with van der Waals surface area (Å²) in [6.45, 7) is 3.97. The zero-order valence-electron chi connectivity index (χ0n) is 14.8. The lowest BCUT2D eigenvalue weighted by molar-refractivity contribution is -0.0506. The first-order valence-corrected chi connectivity index (χ1v) is 8.86. The van der Waals surface area contributed by atoms with Crippen LogP contribution in [0.15, 0.2) is 24.3 Å². The van der Waals surface area contributed by atoms with E-state index in [1.54, 1.807) is 18.2 Å². The van der Waals surface area contributed by atoms with Crippen LogP contribution < -0.4 is 15.4 Å². The smallest absolute Gasteiger partial charge is 0.387 e. The van der Waals surface area contributed by atoms with E-state index in [-0.39, 0.29) is 23.9 Å². The molecule has 2 N–H and O–H groups in total. The van der Waals surface area contributed by atoms with Gasteiger partial charge in [-0.25, -0.2) is 4.79 Å². The van der Waals surface area contributed by atoms with Gasteiger partial charge in [-0.2, -0.15) is 8.78 Å². The molecule has 1 aliphatic rings. The highest BCUT2D eigenvalue weighted by atomic mass is 19.3. The molecule has 0 bridgehead atoms. The molecule has 7 heteroatoms. The molecule has 1 aromatic carbocycles. The van der Waals surface area contributed by atoms with E-state index in [1.807, 2.05) is 6.92 Å². The highest BCUT2D eigenvalue weighted by Crippen LogP contribution is 2.28. The first kappa shape index (κ1) is 19.4. The summed E-state index contributed by atoms with van der Waals surface area (Å²) in [5.74, 6) is 0.0967. The molecule has 0 radical (unpaired) electrons. The van der Waals surface area contributed by atoms with Crippen molar-refractivity contribution in [2.75, 3.05) is 19.6 Å². The molecule has 2 amide bonds. The van der Waals surface area contributed by atoms with Gasteiger partial charge in [0, 0.05) is 18.2 Å². The maximum Gasteiger partial charge on any atom is 0.387 e. The fraction of sp³-hybridized carbons (Fsp3) is 0.611. The minimum absolute atomic E-state index is 0.0967. The minimum Gasteiger partial charge on any atom is -0.434 e. The van der Waals surface area contributed by atoms with Crippen LogP contribution in [0.3, 0.4) is 0 Å². The summed E-state index contributed by atoms with van der Waals surface area (Å²) in [5, 5.41) is 5.88. The Morgan fingerprint density at radius 2 is 2.12 bits per heavy atom. The number of hydrogen-bond acceptors (Lipinski definition) is 3. The Bertz CT molecular complexity index is 557. The maximum atomic E-state index is 12.6. The number of carbonyl (C=O) groups excluding carboxylic acids is 1. The second-order valence-electron chi connectivity index (χ2n) is 6.23. The van der Waals surface area contributed by atoms with Gasteiger partial charge in [0.2, 0.25) is 0 Å². The number of halogens is 2. The fourth-order valence-corrected chi connectivity index (χ4v) is 3.22. The lowest BCUT2D eigenvalue weighted by atomic mass is 10.0. The lowest BCUT2D eigenvalue weighted by Gasteiger charge is -2.32. The largest absolute Gasteiger partial charge is 0.434 e. The molecule has 140 valence electrons. The monoisotopic (exact) mass is 355 g/mol. The number of para-hydroxylation sites is 1. The van der Waals surface area contributed by atoms with Gasteiger partial charge in [0.05, 0.1) is 6.04 Å². The SMILES string of the molecule is CC[C@@H](NC(=O)N[C@@H]1CCCN(CC)C1)c1ccccc1OC(F)F. The number of alkyl halides is 2.